The first-order valence-corrected chi connectivity index (χ1v) is 8.79. The molecule has 7 heteroatoms. The van der Waals surface area contributed by atoms with Crippen LogP contribution in [0.2, 0.25) is 0 Å². The fourth-order valence-electron chi connectivity index (χ4n) is 2.74. The molecule has 0 unspecified atom stereocenters. The van der Waals surface area contributed by atoms with Gasteiger partial charge in [-0.2, -0.15) is 13.2 Å². The molecule has 0 aliphatic heterocycles. The summed E-state index contributed by atoms with van der Waals surface area (Å²) < 4.78 is 43.1. The average Bonchev–Trinajstić information content (AvgIpc) is 2.61. The molecular formula is C21H22F3NO3. The molecule has 0 heterocycles. The van der Waals surface area contributed by atoms with E-state index in [2.05, 4.69) is 5.32 Å². The van der Waals surface area contributed by atoms with Gasteiger partial charge in [0.15, 0.2) is 6.61 Å². The van der Waals surface area contributed by atoms with Gasteiger partial charge in [-0.15, -0.1) is 0 Å². The number of carbonyl (C=O) groups is 2. The molecule has 150 valence electrons. The third-order valence-electron chi connectivity index (χ3n) is 4.16. The van der Waals surface area contributed by atoms with E-state index in [1.165, 1.54) is 12.1 Å². The summed E-state index contributed by atoms with van der Waals surface area (Å²) in [6.45, 7) is 5.35. The number of esters is 1. The highest BCUT2D eigenvalue weighted by Crippen LogP contribution is 2.30. The quantitative estimate of drug-likeness (QED) is 0.713. The Morgan fingerprint density at radius 1 is 1.11 bits per heavy atom. The minimum absolute atomic E-state index is 0.168. The monoisotopic (exact) mass is 393 g/mol. The molecule has 0 atom stereocenters. The third-order valence-corrected chi connectivity index (χ3v) is 4.16. The van der Waals surface area contributed by atoms with Gasteiger partial charge in [0, 0.05) is 5.69 Å². The topological polar surface area (TPSA) is 55.4 Å². The lowest BCUT2D eigenvalue weighted by Gasteiger charge is -2.16. The summed E-state index contributed by atoms with van der Waals surface area (Å²) >= 11 is 0. The molecule has 0 saturated heterocycles. The molecular weight excluding hydrogens is 371 g/mol. The number of alkyl halides is 3. The molecule has 1 N–H and O–H groups in total. The number of anilines is 1. The van der Waals surface area contributed by atoms with Gasteiger partial charge in [-0.05, 0) is 35.6 Å². The van der Waals surface area contributed by atoms with Crippen molar-refractivity contribution in [3.05, 3.63) is 64.7 Å². The van der Waals surface area contributed by atoms with Gasteiger partial charge in [0.2, 0.25) is 0 Å². The fraction of sp³-hybridized carbons (Fsp3) is 0.333. The smallest absolute Gasteiger partial charge is 0.416 e. The Morgan fingerprint density at radius 2 is 1.79 bits per heavy atom. The third kappa shape index (κ3) is 5.84. The predicted octanol–water partition coefficient (Wildman–Crippen LogP) is 4.86. The van der Waals surface area contributed by atoms with Crippen molar-refractivity contribution in [1.82, 2.24) is 0 Å². The number of carbonyl (C=O) groups excluding carboxylic acids is 2. The second-order valence-electron chi connectivity index (χ2n) is 6.78. The standard InChI is InChI=1S/C21H22F3NO3/c1-13(2)17-9-4-6-14(3)20(17)25-18(26)12-28-19(27)11-15-7-5-8-16(10-15)21(22,23)24/h4-10,13H,11-12H2,1-3H3,(H,25,26). The lowest BCUT2D eigenvalue weighted by molar-refractivity contribution is -0.146. The van der Waals surface area contributed by atoms with Crippen molar-refractivity contribution >= 4 is 17.6 Å². The fourth-order valence-corrected chi connectivity index (χ4v) is 2.74. The molecule has 0 aromatic heterocycles. The van der Waals surface area contributed by atoms with Gasteiger partial charge in [-0.1, -0.05) is 50.2 Å². The van der Waals surface area contributed by atoms with Crippen molar-refractivity contribution in [2.24, 2.45) is 0 Å². The zero-order valence-electron chi connectivity index (χ0n) is 15.9. The molecule has 2 aromatic rings. The van der Waals surface area contributed by atoms with Crippen molar-refractivity contribution < 1.29 is 27.5 Å². The second kappa shape index (κ2) is 8.91. The number of benzene rings is 2. The van der Waals surface area contributed by atoms with E-state index in [4.69, 9.17) is 4.74 Å². The van der Waals surface area contributed by atoms with Crippen LogP contribution in [0.15, 0.2) is 42.5 Å². The average molecular weight is 393 g/mol. The van der Waals surface area contributed by atoms with Crippen molar-refractivity contribution in [3.63, 3.8) is 0 Å². The molecule has 0 spiro atoms. The van der Waals surface area contributed by atoms with E-state index < -0.39 is 30.2 Å². The Hall–Kier alpha value is -2.83. The number of nitrogens with one attached hydrogen (secondary N) is 1. The maximum Gasteiger partial charge on any atom is 0.416 e. The second-order valence-corrected chi connectivity index (χ2v) is 6.78. The maximum absolute atomic E-state index is 12.7. The Morgan fingerprint density at radius 3 is 2.43 bits per heavy atom. The molecule has 0 bridgehead atoms. The first kappa shape index (κ1) is 21.5. The van der Waals surface area contributed by atoms with Crippen LogP contribution in [0.5, 0.6) is 0 Å². The zero-order valence-corrected chi connectivity index (χ0v) is 15.9. The van der Waals surface area contributed by atoms with E-state index in [1.807, 2.05) is 39.0 Å². The summed E-state index contributed by atoms with van der Waals surface area (Å²) in [4.78, 5) is 24.0. The zero-order chi connectivity index (χ0) is 20.9. The minimum atomic E-state index is -4.48. The van der Waals surface area contributed by atoms with Gasteiger partial charge >= 0.3 is 12.1 Å². The lowest BCUT2D eigenvalue weighted by Crippen LogP contribution is -2.23. The number of hydrogen-bond donors (Lipinski definition) is 1. The first-order chi connectivity index (χ1) is 13.1. The molecule has 1 amide bonds. The number of hydrogen-bond acceptors (Lipinski definition) is 3. The Labute approximate surface area is 161 Å². The first-order valence-electron chi connectivity index (χ1n) is 8.79. The molecule has 0 radical (unpaired) electrons. The molecule has 2 rings (SSSR count). The van der Waals surface area contributed by atoms with Crippen molar-refractivity contribution in [2.75, 3.05) is 11.9 Å². The van der Waals surface area contributed by atoms with Crippen LogP contribution in [0.4, 0.5) is 18.9 Å². The normalized spacial score (nSPS) is 11.4. The molecule has 2 aromatic carbocycles. The molecule has 28 heavy (non-hydrogen) atoms. The number of aryl methyl sites for hydroxylation is 1. The Balaban J connectivity index is 1.94. The summed E-state index contributed by atoms with van der Waals surface area (Å²) in [5.41, 5.74) is 1.85. The minimum Gasteiger partial charge on any atom is -0.455 e. The number of para-hydroxylation sites is 1. The van der Waals surface area contributed by atoms with Crippen LogP contribution in [-0.4, -0.2) is 18.5 Å². The molecule has 0 aliphatic rings. The number of halogens is 3. The highest BCUT2D eigenvalue weighted by Gasteiger charge is 2.30. The van der Waals surface area contributed by atoms with Crippen LogP contribution in [0.1, 0.15) is 42.0 Å². The van der Waals surface area contributed by atoms with Crippen LogP contribution >= 0.6 is 0 Å². The molecule has 4 nitrogen and oxygen atoms in total. The van der Waals surface area contributed by atoms with E-state index in [-0.39, 0.29) is 17.9 Å². The lowest BCUT2D eigenvalue weighted by atomic mass is 9.98. The molecule has 0 saturated carbocycles. The summed E-state index contributed by atoms with van der Waals surface area (Å²) in [6.07, 6.45) is -4.83. The van der Waals surface area contributed by atoms with Crippen molar-refractivity contribution in [1.29, 1.82) is 0 Å². The number of ether oxygens (including phenoxy) is 1. The van der Waals surface area contributed by atoms with Gasteiger partial charge in [0.25, 0.3) is 5.91 Å². The SMILES string of the molecule is Cc1cccc(C(C)C)c1NC(=O)COC(=O)Cc1cccc(C(F)(F)F)c1. The maximum atomic E-state index is 12.7. The number of amides is 1. The van der Waals surface area contributed by atoms with E-state index in [1.54, 1.807) is 0 Å². The van der Waals surface area contributed by atoms with E-state index in [0.717, 1.165) is 23.3 Å². The Bertz CT molecular complexity index is 860. The van der Waals surface area contributed by atoms with Crippen LogP contribution in [0, 0.1) is 6.92 Å². The van der Waals surface area contributed by atoms with E-state index in [0.29, 0.717) is 5.69 Å². The molecule has 0 aliphatic carbocycles. The van der Waals surface area contributed by atoms with Gasteiger partial charge < -0.3 is 10.1 Å². The van der Waals surface area contributed by atoms with Crippen LogP contribution in [-0.2, 0) is 26.9 Å². The highest BCUT2D eigenvalue weighted by atomic mass is 19.4. The summed E-state index contributed by atoms with van der Waals surface area (Å²) in [6, 6.07) is 10.1. The van der Waals surface area contributed by atoms with Gasteiger partial charge in [0.05, 0.1) is 12.0 Å². The van der Waals surface area contributed by atoms with Crippen LogP contribution < -0.4 is 5.32 Å². The largest absolute Gasteiger partial charge is 0.455 e. The van der Waals surface area contributed by atoms with Gasteiger partial charge in [-0.25, -0.2) is 0 Å². The highest BCUT2D eigenvalue weighted by molar-refractivity contribution is 5.94. The van der Waals surface area contributed by atoms with Crippen LogP contribution in [0.3, 0.4) is 0 Å². The van der Waals surface area contributed by atoms with E-state index in [9.17, 15) is 22.8 Å². The summed E-state index contributed by atoms with van der Waals surface area (Å²) in [7, 11) is 0. The van der Waals surface area contributed by atoms with Gasteiger partial charge in [0.1, 0.15) is 0 Å². The Kier molecular flexibility index (Phi) is 6.83. The van der Waals surface area contributed by atoms with Crippen molar-refractivity contribution in [2.45, 2.75) is 39.3 Å². The molecule has 0 fully saturated rings. The van der Waals surface area contributed by atoms with Crippen LogP contribution in [0.25, 0.3) is 0 Å². The summed E-state index contributed by atoms with van der Waals surface area (Å²) in [5, 5.41) is 2.74. The van der Waals surface area contributed by atoms with E-state index >= 15 is 0 Å². The number of rotatable bonds is 6. The van der Waals surface area contributed by atoms with Crippen molar-refractivity contribution in [3.8, 4) is 0 Å². The van der Waals surface area contributed by atoms with Gasteiger partial charge in [-0.3, -0.25) is 9.59 Å². The summed E-state index contributed by atoms with van der Waals surface area (Å²) in [5.74, 6) is -1.09. The predicted molar refractivity (Wildman–Crippen MR) is 100 cm³/mol.